The largest absolute Gasteiger partial charge is 0.418 e. The predicted molar refractivity (Wildman–Crippen MR) is 106 cm³/mol. The summed E-state index contributed by atoms with van der Waals surface area (Å²) in [5, 5.41) is 3.57. The lowest BCUT2D eigenvalue weighted by Crippen LogP contribution is -2.10. The molecular formula is C22H15F5N4. The standard InChI is InChI=1S/C22H15F5N4/c23-17-4-1-5-18(24)14(17)8-10-29-21-15-7-6-13(11-19(15)30-12-31-21)20-16(22(25,26)27)3-2-9-28-20/h1-7,9,11-12H,8,10H2,(H,29,30,31). The third kappa shape index (κ3) is 4.30. The molecule has 0 amide bonds. The van der Waals surface area contributed by atoms with Crippen LogP contribution >= 0.6 is 0 Å². The van der Waals surface area contributed by atoms with Gasteiger partial charge in [0.2, 0.25) is 0 Å². The van der Waals surface area contributed by atoms with Crippen molar-refractivity contribution in [2.75, 3.05) is 11.9 Å². The molecule has 0 radical (unpaired) electrons. The van der Waals surface area contributed by atoms with Crippen LogP contribution in [0.15, 0.2) is 61.1 Å². The molecule has 4 rings (SSSR count). The Labute approximate surface area is 173 Å². The van der Waals surface area contributed by atoms with Crippen LogP contribution in [0.1, 0.15) is 11.1 Å². The van der Waals surface area contributed by atoms with Gasteiger partial charge in [0.25, 0.3) is 0 Å². The van der Waals surface area contributed by atoms with Gasteiger partial charge in [-0.1, -0.05) is 12.1 Å². The summed E-state index contributed by atoms with van der Waals surface area (Å²) < 4.78 is 67.5. The van der Waals surface area contributed by atoms with Crippen LogP contribution in [0.2, 0.25) is 0 Å². The average molecular weight is 430 g/mol. The molecule has 0 aliphatic heterocycles. The van der Waals surface area contributed by atoms with Crippen molar-refractivity contribution in [3.63, 3.8) is 0 Å². The first-order chi connectivity index (χ1) is 14.8. The minimum atomic E-state index is -4.54. The van der Waals surface area contributed by atoms with E-state index in [1.807, 2.05) is 0 Å². The Balaban J connectivity index is 1.61. The number of fused-ring (bicyclic) bond motifs is 1. The van der Waals surface area contributed by atoms with Crippen molar-refractivity contribution >= 4 is 16.7 Å². The van der Waals surface area contributed by atoms with Crippen LogP contribution in [0.5, 0.6) is 0 Å². The summed E-state index contributed by atoms with van der Waals surface area (Å²) in [5.74, 6) is -0.852. The van der Waals surface area contributed by atoms with E-state index in [-0.39, 0.29) is 29.8 Å². The van der Waals surface area contributed by atoms with E-state index in [0.717, 1.165) is 6.07 Å². The number of hydrogen-bond donors (Lipinski definition) is 1. The molecule has 2 heterocycles. The maximum Gasteiger partial charge on any atom is 0.418 e. The molecule has 158 valence electrons. The van der Waals surface area contributed by atoms with Gasteiger partial charge >= 0.3 is 6.18 Å². The zero-order valence-electron chi connectivity index (χ0n) is 15.9. The first-order valence-electron chi connectivity index (χ1n) is 9.28. The summed E-state index contributed by atoms with van der Waals surface area (Å²) in [6, 6.07) is 10.5. The van der Waals surface area contributed by atoms with Gasteiger partial charge in [0.05, 0.1) is 16.8 Å². The Hall–Kier alpha value is -3.62. The lowest BCUT2D eigenvalue weighted by atomic mass is 10.0. The molecule has 0 aliphatic rings. The second-order valence-electron chi connectivity index (χ2n) is 6.73. The number of pyridine rings is 1. The summed E-state index contributed by atoms with van der Waals surface area (Å²) >= 11 is 0. The molecule has 2 aromatic heterocycles. The summed E-state index contributed by atoms with van der Waals surface area (Å²) in [5.41, 5.74) is -0.399. The lowest BCUT2D eigenvalue weighted by molar-refractivity contribution is -0.137. The number of aromatic nitrogens is 3. The Morgan fingerprint density at radius 3 is 2.39 bits per heavy atom. The van der Waals surface area contributed by atoms with E-state index in [4.69, 9.17) is 0 Å². The summed E-state index contributed by atoms with van der Waals surface area (Å²) in [4.78, 5) is 12.2. The second kappa shape index (κ2) is 8.25. The molecule has 0 saturated carbocycles. The minimum absolute atomic E-state index is 0.0366. The maximum atomic E-state index is 13.8. The molecule has 1 N–H and O–H groups in total. The van der Waals surface area contributed by atoms with Gasteiger partial charge in [0.1, 0.15) is 23.8 Å². The molecule has 0 unspecified atom stereocenters. The predicted octanol–water partition coefficient (Wildman–Crippen LogP) is 5.64. The molecule has 0 saturated heterocycles. The van der Waals surface area contributed by atoms with Gasteiger partial charge in [0.15, 0.2) is 0 Å². The van der Waals surface area contributed by atoms with Gasteiger partial charge in [0, 0.05) is 29.3 Å². The Bertz CT molecular complexity index is 1220. The van der Waals surface area contributed by atoms with E-state index in [1.165, 1.54) is 48.9 Å². The van der Waals surface area contributed by atoms with E-state index in [0.29, 0.717) is 16.7 Å². The Morgan fingerprint density at radius 2 is 1.65 bits per heavy atom. The highest BCUT2D eigenvalue weighted by Crippen LogP contribution is 2.36. The molecule has 4 aromatic rings. The summed E-state index contributed by atoms with van der Waals surface area (Å²) in [7, 11) is 0. The highest BCUT2D eigenvalue weighted by molar-refractivity contribution is 5.91. The van der Waals surface area contributed by atoms with E-state index >= 15 is 0 Å². The van der Waals surface area contributed by atoms with E-state index in [1.54, 1.807) is 6.07 Å². The number of halogens is 5. The van der Waals surface area contributed by atoms with Gasteiger partial charge < -0.3 is 5.32 Å². The normalized spacial score (nSPS) is 11.6. The molecule has 9 heteroatoms. The number of alkyl halides is 3. The smallest absolute Gasteiger partial charge is 0.369 e. The fraction of sp³-hybridized carbons (Fsp3) is 0.136. The molecule has 2 aromatic carbocycles. The Morgan fingerprint density at radius 1 is 0.871 bits per heavy atom. The molecule has 31 heavy (non-hydrogen) atoms. The van der Waals surface area contributed by atoms with Crippen molar-refractivity contribution in [2.45, 2.75) is 12.6 Å². The van der Waals surface area contributed by atoms with Crippen LogP contribution in [0.4, 0.5) is 27.8 Å². The van der Waals surface area contributed by atoms with Crippen molar-refractivity contribution in [1.82, 2.24) is 15.0 Å². The third-order valence-electron chi connectivity index (χ3n) is 4.75. The number of nitrogens with one attached hydrogen (secondary N) is 1. The quantitative estimate of drug-likeness (QED) is 0.416. The SMILES string of the molecule is Fc1cccc(F)c1CCNc1ncnc2cc(-c3ncccc3C(F)(F)F)ccc12. The second-order valence-corrected chi connectivity index (χ2v) is 6.73. The van der Waals surface area contributed by atoms with Crippen LogP contribution in [0.25, 0.3) is 22.2 Å². The molecule has 0 bridgehead atoms. The van der Waals surface area contributed by atoms with Crippen LogP contribution in [-0.4, -0.2) is 21.5 Å². The van der Waals surface area contributed by atoms with Crippen molar-refractivity contribution in [1.29, 1.82) is 0 Å². The Kier molecular flexibility index (Phi) is 5.50. The number of rotatable bonds is 5. The molecular weight excluding hydrogens is 415 g/mol. The van der Waals surface area contributed by atoms with Crippen LogP contribution in [0.3, 0.4) is 0 Å². The van der Waals surface area contributed by atoms with Crippen molar-refractivity contribution < 1.29 is 22.0 Å². The van der Waals surface area contributed by atoms with Crippen molar-refractivity contribution in [3.8, 4) is 11.3 Å². The fourth-order valence-electron chi connectivity index (χ4n) is 3.29. The fourth-order valence-corrected chi connectivity index (χ4v) is 3.29. The first kappa shape index (κ1) is 20.6. The molecule has 0 fully saturated rings. The number of nitrogens with zero attached hydrogens (tertiary/aromatic N) is 3. The molecule has 0 aliphatic carbocycles. The number of anilines is 1. The van der Waals surface area contributed by atoms with E-state index < -0.39 is 23.4 Å². The number of hydrogen-bond acceptors (Lipinski definition) is 4. The zero-order chi connectivity index (χ0) is 22.0. The third-order valence-corrected chi connectivity index (χ3v) is 4.75. The summed E-state index contributed by atoms with van der Waals surface area (Å²) in [6.45, 7) is 0.199. The van der Waals surface area contributed by atoms with E-state index in [9.17, 15) is 22.0 Å². The maximum absolute atomic E-state index is 13.8. The lowest BCUT2D eigenvalue weighted by Gasteiger charge is -2.13. The van der Waals surface area contributed by atoms with Crippen LogP contribution in [0, 0.1) is 11.6 Å². The zero-order valence-corrected chi connectivity index (χ0v) is 15.9. The number of benzene rings is 2. The molecule has 0 atom stereocenters. The molecule has 4 nitrogen and oxygen atoms in total. The summed E-state index contributed by atoms with van der Waals surface area (Å²) in [6.07, 6.45) is -1.89. The first-order valence-corrected chi connectivity index (χ1v) is 9.28. The molecule has 0 spiro atoms. The minimum Gasteiger partial charge on any atom is -0.369 e. The van der Waals surface area contributed by atoms with Crippen LogP contribution < -0.4 is 5.32 Å². The van der Waals surface area contributed by atoms with Crippen molar-refractivity contribution in [2.24, 2.45) is 0 Å². The van der Waals surface area contributed by atoms with Gasteiger partial charge in [-0.15, -0.1) is 0 Å². The highest BCUT2D eigenvalue weighted by Gasteiger charge is 2.34. The van der Waals surface area contributed by atoms with Crippen molar-refractivity contribution in [3.05, 3.63) is 83.8 Å². The van der Waals surface area contributed by atoms with E-state index in [2.05, 4.69) is 20.3 Å². The van der Waals surface area contributed by atoms with Gasteiger partial charge in [-0.3, -0.25) is 4.98 Å². The highest BCUT2D eigenvalue weighted by atomic mass is 19.4. The van der Waals surface area contributed by atoms with Gasteiger partial charge in [-0.2, -0.15) is 13.2 Å². The van der Waals surface area contributed by atoms with Gasteiger partial charge in [-0.05, 0) is 42.8 Å². The van der Waals surface area contributed by atoms with Gasteiger partial charge in [-0.25, -0.2) is 18.7 Å². The topological polar surface area (TPSA) is 50.7 Å². The monoisotopic (exact) mass is 430 g/mol. The average Bonchev–Trinajstić information content (AvgIpc) is 2.75. The van der Waals surface area contributed by atoms with Crippen LogP contribution in [-0.2, 0) is 12.6 Å².